The van der Waals surface area contributed by atoms with Gasteiger partial charge in [-0.25, -0.2) is 0 Å². The predicted octanol–water partition coefficient (Wildman–Crippen LogP) is 8.03. The number of phenolic OH excluding ortho intramolecular Hbond substituents is 6. The Morgan fingerprint density at radius 1 is 0.833 bits per heavy atom. The molecule has 0 aliphatic heterocycles. The van der Waals surface area contributed by atoms with Crippen molar-refractivity contribution in [3.8, 4) is 45.8 Å². The van der Waals surface area contributed by atoms with Crippen molar-refractivity contribution in [2.24, 2.45) is 5.92 Å². The molecule has 0 fully saturated rings. The molecule has 0 radical (unpaired) electrons. The Bertz CT molecular complexity index is 2090. The van der Waals surface area contributed by atoms with Crippen LogP contribution in [0.2, 0.25) is 0 Å². The van der Waals surface area contributed by atoms with Crippen molar-refractivity contribution in [2.75, 3.05) is 0 Å². The molecule has 0 bridgehead atoms. The van der Waals surface area contributed by atoms with Gasteiger partial charge in [-0.15, -0.1) is 0 Å². The largest absolute Gasteiger partial charge is 0.508 e. The van der Waals surface area contributed by atoms with Crippen molar-refractivity contribution in [3.05, 3.63) is 104 Å². The molecule has 0 amide bonds. The first-order chi connectivity index (χ1) is 22.7. The van der Waals surface area contributed by atoms with E-state index in [1.54, 1.807) is 0 Å². The van der Waals surface area contributed by atoms with E-state index in [0.29, 0.717) is 6.42 Å². The van der Waals surface area contributed by atoms with Gasteiger partial charge < -0.3 is 35.1 Å². The minimum Gasteiger partial charge on any atom is -0.508 e. The zero-order valence-electron chi connectivity index (χ0n) is 27.6. The molecule has 1 aliphatic rings. The van der Waals surface area contributed by atoms with Gasteiger partial charge in [0.1, 0.15) is 51.2 Å². The van der Waals surface area contributed by atoms with Crippen molar-refractivity contribution in [3.63, 3.8) is 0 Å². The fourth-order valence-corrected chi connectivity index (χ4v) is 6.38. The second kappa shape index (κ2) is 13.4. The van der Waals surface area contributed by atoms with Gasteiger partial charge >= 0.3 is 0 Å². The number of phenols is 6. The lowest BCUT2D eigenvalue weighted by Gasteiger charge is -2.28. The molecule has 250 valence electrons. The van der Waals surface area contributed by atoms with Crippen LogP contribution in [-0.2, 0) is 12.8 Å². The first-order valence-corrected chi connectivity index (χ1v) is 15.8. The van der Waals surface area contributed by atoms with Gasteiger partial charge in [0.15, 0.2) is 5.78 Å². The highest BCUT2D eigenvalue weighted by Crippen LogP contribution is 2.47. The molecule has 0 saturated heterocycles. The summed E-state index contributed by atoms with van der Waals surface area (Å²) in [6.45, 7) is 9.36. The van der Waals surface area contributed by atoms with E-state index in [1.807, 2.05) is 52.8 Å². The van der Waals surface area contributed by atoms with Crippen LogP contribution in [0.1, 0.15) is 80.4 Å². The Balaban J connectivity index is 1.67. The monoisotopic (exact) mass is 652 g/mol. The molecule has 1 heterocycles. The van der Waals surface area contributed by atoms with E-state index in [0.717, 1.165) is 28.9 Å². The molecule has 4 aromatic rings. The maximum Gasteiger partial charge on any atom is 0.200 e. The average Bonchev–Trinajstić information content (AvgIpc) is 2.99. The molecule has 2 unspecified atom stereocenters. The Morgan fingerprint density at radius 2 is 1.50 bits per heavy atom. The number of carbonyl (C=O) groups excluding carboxylic acids is 1. The van der Waals surface area contributed by atoms with Crippen LogP contribution in [0, 0.1) is 5.92 Å². The summed E-state index contributed by atoms with van der Waals surface area (Å²) in [6, 6.07) is 7.77. The van der Waals surface area contributed by atoms with E-state index in [4.69, 9.17) is 4.42 Å². The number of Topliss-reactive ketones (excluding diaryl/α,β-unsaturated/α-hetero) is 1. The SMILES string of the molecule is CC(C)=CCc1c(O)ccc(C(=O)C2CC(C)=CC(c3c(O)cc(O)c4c(=O)c(CC=C(C)C)c(-c5ccc(O)cc5O)oc34)C2)c1O. The molecule has 6 N–H and O–H groups in total. The minimum atomic E-state index is -0.645. The molecule has 2 atom stereocenters. The Labute approximate surface area is 278 Å². The van der Waals surface area contributed by atoms with Gasteiger partial charge in [0.25, 0.3) is 0 Å². The number of aromatic hydroxyl groups is 6. The van der Waals surface area contributed by atoms with Crippen molar-refractivity contribution in [1.82, 2.24) is 0 Å². The summed E-state index contributed by atoms with van der Waals surface area (Å²) in [5.41, 5.74) is 2.88. The fraction of sp³-hybridized carbons (Fsp3) is 0.282. The lowest BCUT2D eigenvalue weighted by Crippen LogP contribution is -2.22. The summed E-state index contributed by atoms with van der Waals surface area (Å²) >= 11 is 0. The third-order valence-electron chi connectivity index (χ3n) is 8.77. The van der Waals surface area contributed by atoms with Gasteiger partial charge in [0, 0.05) is 40.7 Å². The second-order valence-electron chi connectivity index (χ2n) is 13.0. The lowest BCUT2D eigenvalue weighted by molar-refractivity contribution is 0.0902. The minimum absolute atomic E-state index is 0.01000. The summed E-state index contributed by atoms with van der Waals surface area (Å²) < 4.78 is 6.39. The molecule has 48 heavy (non-hydrogen) atoms. The number of ketones is 1. The van der Waals surface area contributed by atoms with Gasteiger partial charge in [-0.3, -0.25) is 9.59 Å². The van der Waals surface area contributed by atoms with Gasteiger partial charge in [0.05, 0.1) is 11.1 Å². The van der Waals surface area contributed by atoms with E-state index in [-0.39, 0.29) is 98.3 Å². The van der Waals surface area contributed by atoms with Crippen LogP contribution < -0.4 is 5.43 Å². The van der Waals surface area contributed by atoms with Crippen molar-refractivity contribution in [1.29, 1.82) is 0 Å². The van der Waals surface area contributed by atoms with Gasteiger partial charge in [-0.2, -0.15) is 0 Å². The lowest BCUT2D eigenvalue weighted by atomic mass is 9.75. The summed E-state index contributed by atoms with van der Waals surface area (Å²) in [7, 11) is 0. The zero-order valence-corrected chi connectivity index (χ0v) is 27.6. The van der Waals surface area contributed by atoms with E-state index >= 15 is 0 Å². The quantitative estimate of drug-likeness (QED) is 0.0815. The van der Waals surface area contributed by atoms with Crippen LogP contribution in [0.3, 0.4) is 0 Å². The summed E-state index contributed by atoms with van der Waals surface area (Å²) in [4.78, 5) is 28.1. The van der Waals surface area contributed by atoms with E-state index < -0.39 is 23.0 Å². The Hall–Kier alpha value is -5.44. The highest BCUT2D eigenvalue weighted by atomic mass is 16.3. The van der Waals surface area contributed by atoms with Crippen LogP contribution in [0.25, 0.3) is 22.3 Å². The molecular formula is C39H40O9. The summed E-state index contributed by atoms with van der Waals surface area (Å²) in [5, 5.41) is 64.3. The topological polar surface area (TPSA) is 169 Å². The standard InChI is InChI=1S/C39H40O9/c1-19(2)6-9-25-29(41)13-12-27(36(25)46)35(45)23-15-21(5)14-22(16-23)33-31(43)18-32(44)34-37(47)28(10-7-20(3)4)38(48-39(33)34)26-11-8-24(40)17-30(26)42/h6-8,11-14,17-18,22-23,40-44,46H,9-10,15-16H2,1-5H3. The van der Waals surface area contributed by atoms with Gasteiger partial charge in [-0.1, -0.05) is 34.9 Å². The number of allylic oxidation sites excluding steroid dienone is 6. The molecule has 0 saturated carbocycles. The van der Waals surface area contributed by atoms with E-state index in [9.17, 15) is 40.2 Å². The molecular weight excluding hydrogens is 612 g/mol. The Kier molecular flexibility index (Phi) is 9.43. The molecule has 9 nitrogen and oxygen atoms in total. The average molecular weight is 653 g/mol. The third-order valence-corrected chi connectivity index (χ3v) is 8.77. The van der Waals surface area contributed by atoms with Crippen LogP contribution in [0.15, 0.2) is 80.6 Å². The van der Waals surface area contributed by atoms with E-state index in [1.165, 1.54) is 24.3 Å². The van der Waals surface area contributed by atoms with Crippen LogP contribution in [0.4, 0.5) is 0 Å². The van der Waals surface area contributed by atoms with Crippen LogP contribution in [-0.4, -0.2) is 36.4 Å². The molecule has 0 spiro atoms. The number of benzene rings is 3. The summed E-state index contributed by atoms with van der Waals surface area (Å²) in [6.07, 6.45) is 6.45. The van der Waals surface area contributed by atoms with Gasteiger partial charge in [0.2, 0.25) is 5.43 Å². The smallest absolute Gasteiger partial charge is 0.200 e. The van der Waals surface area contributed by atoms with E-state index in [2.05, 4.69) is 0 Å². The first-order valence-electron chi connectivity index (χ1n) is 15.8. The maximum atomic E-state index is 14.1. The number of hydrogen-bond acceptors (Lipinski definition) is 9. The number of fused-ring (bicyclic) bond motifs is 1. The summed E-state index contributed by atoms with van der Waals surface area (Å²) in [5.74, 6) is -3.38. The third kappa shape index (κ3) is 6.53. The van der Waals surface area contributed by atoms with Crippen LogP contribution >= 0.6 is 0 Å². The zero-order chi connectivity index (χ0) is 35.0. The normalized spacial score (nSPS) is 16.0. The molecule has 1 aliphatic carbocycles. The highest BCUT2D eigenvalue weighted by Gasteiger charge is 2.34. The number of rotatable bonds is 8. The molecule has 5 rings (SSSR count). The second-order valence-corrected chi connectivity index (χ2v) is 13.0. The van der Waals surface area contributed by atoms with Gasteiger partial charge in [-0.05, 0) is 84.6 Å². The molecule has 3 aromatic carbocycles. The number of carbonyl (C=O) groups is 1. The Morgan fingerprint density at radius 3 is 2.15 bits per heavy atom. The van der Waals surface area contributed by atoms with Crippen molar-refractivity contribution < 1.29 is 39.9 Å². The first kappa shape index (κ1) is 33.9. The van der Waals surface area contributed by atoms with Crippen molar-refractivity contribution in [2.45, 2.75) is 66.2 Å². The fourth-order valence-electron chi connectivity index (χ4n) is 6.38. The highest BCUT2D eigenvalue weighted by molar-refractivity contribution is 6.01. The van der Waals surface area contributed by atoms with Crippen molar-refractivity contribution >= 4 is 16.8 Å². The maximum absolute atomic E-state index is 14.1. The molecule has 1 aromatic heterocycles. The number of hydrogen-bond donors (Lipinski definition) is 6. The van der Waals surface area contributed by atoms with Crippen LogP contribution in [0.5, 0.6) is 34.5 Å². The predicted molar refractivity (Wildman–Crippen MR) is 184 cm³/mol. The molecule has 9 heteroatoms.